The lowest BCUT2D eigenvalue weighted by Gasteiger charge is -2.05. The third-order valence-corrected chi connectivity index (χ3v) is 7.96. The van der Waals surface area contributed by atoms with E-state index in [9.17, 15) is 4.79 Å². The number of ether oxygens (including phenoxy) is 1. The molecule has 232 valence electrons. The Morgan fingerprint density at radius 1 is 0.487 bits per heavy atom. The van der Waals surface area contributed by atoms with Crippen molar-refractivity contribution in [1.29, 1.82) is 0 Å². The third kappa shape index (κ3) is 35.1. The Morgan fingerprint density at radius 2 is 0.846 bits per heavy atom. The van der Waals surface area contributed by atoms with Crippen LogP contribution < -0.4 is 0 Å². The first-order valence-electron chi connectivity index (χ1n) is 17.7. The first-order valence-corrected chi connectivity index (χ1v) is 17.7. The van der Waals surface area contributed by atoms with E-state index in [1.54, 1.807) is 0 Å². The van der Waals surface area contributed by atoms with Crippen molar-refractivity contribution in [3.05, 3.63) is 12.2 Å². The number of aliphatic hydroxyl groups excluding tert-OH is 1. The second-order valence-electron chi connectivity index (χ2n) is 11.9. The summed E-state index contributed by atoms with van der Waals surface area (Å²) in [6.45, 7) is 3.25. The van der Waals surface area contributed by atoms with Crippen molar-refractivity contribution in [3.8, 4) is 0 Å². The second-order valence-corrected chi connectivity index (χ2v) is 11.9. The van der Waals surface area contributed by atoms with E-state index in [-0.39, 0.29) is 5.97 Å². The predicted octanol–water partition coefficient (Wildman–Crippen LogP) is 11.8. The number of aliphatic hydroxyl groups is 1. The first kappa shape index (κ1) is 38.2. The molecule has 0 saturated heterocycles. The van der Waals surface area contributed by atoms with Crippen LogP contribution in [-0.4, -0.2) is 24.3 Å². The van der Waals surface area contributed by atoms with Crippen molar-refractivity contribution in [2.75, 3.05) is 13.2 Å². The average Bonchev–Trinajstić information content (AvgIpc) is 2.94. The number of hydrogen-bond acceptors (Lipinski definition) is 3. The Morgan fingerprint density at radius 3 is 1.28 bits per heavy atom. The van der Waals surface area contributed by atoms with E-state index in [0.29, 0.717) is 19.6 Å². The van der Waals surface area contributed by atoms with Gasteiger partial charge in [0.2, 0.25) is 0 Å². The zero-order chi connectivity index (χ0) is 28.3. The van der Waals surface area contributed by atoms with E-state index in [2.05, 4.69) is 19.1 Å². The minimum absolute atomic E-state index is 0.00863. The largest absolute Gasteiger partial charge is 0.466 e. The Labute approximate surface area is 245 Å². The molecular weight excluding hydrogens is 480 g/mol. The molecule has 0 atom stereocenters. The monoisotopic (exact) mass is 551 g/mol. The number of carbonyl (C=O) groups excluding carboxylic acids is 1. The molecule has 0 rings (SSSR count). The smallest absolute Gasteiger partial charge is 0.305 e. The lowest BCUT2D eigenvalue weighted by Crippen LogP contribution is -2.05. The fourth-order valence-corrected chi connectivity index (χ4v) is 5.29. The van der Waals surface area contributed by atoms with Crippen molar-refractivity contribution in [1.82, 2.24) is 0 Å². The van der Waals surface area contributed by atoms with Crippen molar-refractivity contribution < 1.29 is 14.6 Å². The molecule has 0 radical (unpaired) electrons. The van der Waals surface area contributed by atoms with Crippen molar-refractivity contribution >= 4 is 5.97 Å². The van der Waals surface area contributed by atoms with E-state index < -0.39 is 0 Å². The summed E-state index contributed by atoms with van der Waals surface area (Å²) >= 11 is 0. The first-order chi connectivity index (χ1) is 19.3. The average molecular weight is 551 g/mol. The van der Waals surface area contributed by atoms with E-state index in [1.807, 2.05) is 0 Å². The lowest BCUT2D eigenvalue weighted by molar-refractivity contribution is -0.143. The molecule has 0 aromatic rings. The minimum Gasteiger partial charge on any atom is -0.466 e. The number of hydrogen-bond donors (Lipinski definition) is 1. The van der Waals surface area contributed by atoms with Crippen LogP contribution in [0.5, 0.6) is 0 Å². The van der Waals surface area contributed by atoms with Crippen LogP contribution in [0.15, 0.2) is 12.2 Å². The molecule has 0 amide bonds. The van der Waals surface area contributed by atoms with Gasteiger partial charge in [-0.05, 0) is 44.9 Å². The summed E-state index contributed by atoms with van der Waals surface area (Å²) in [7, 11) is 0. The highest BCUT2D eigenvalue weighted by Gasteiger charge is 2.02. The topological polar surface area (TPSA) is 46.5 Å². The fraction of sp³-hybridized carbons (Fsp3) is 0.917. The van der Waals surface area contributed by atoms with E-state index in [1.165, 1.54) is 161 Å². The fourth-order valence-electron chi connectivity index (χ4n) is 5.29. The maximum Gasteiger partial charge on any atom is 0.305 e. The highest BCUT2D eigenvalue weighted by atomic mass is 16.5. The van der Waals surface area contributed by atoms with Crippen molar-refractivity contribution in [2.45, 2.75) is 200 Å². The maximum atomic E-state index is 11.9. The number of allylic oxidation sites excluding steroid dienone is 2. The molecule has 1 N–H and O–H groups in total. The maximum absolute atomic E-state index is 11.9. The van der Waals surface area contributed by atoms with Crippen LogP contribution in [0.4, 0.5) is 0 Å². The molecule has 3 nitrogen and oxygen atoms in total. The molecule has 3 heteroatoms. The molecular formula is C36H70O3. The van der Waals surface area contributed by atoms with Crippen molar-refractivity contribution in [2.24, 2.45) is 0 Å². The van der Waals surface area contributed by atoms with Crippen LogP contribution in [0.3, 0.4) is 0 Å². The Balaban J connectivity index is 3.18. The normalized spacial score (nSPS) is 11.5. The van der Waals surface area contributed by atoms with Gasteiger partial charge in [0.05, 0.1) is 6.61 Å². The SMILES string of the molecule is CCCCCCCC/C=C\CCCCCCCC(=O)OCCCCCCCCCCCCCCCCCCO. The van der Waals surface area contributed by atoms with Gasteiger partial charge in [-0.3, -0.25) is 4.79 Å². The van der Waals surface area contributed by atoms with Gasteiger partial charge in [-0.15, -0.1) is 0 Å². The lowest BCUT2D eigenvalue weighted by atomic mass is 10.0. The van der Waals surface area contributed by atoms with Gasteiger partial charge in [-0.1, -0.05) is 160 Å². The van der Waals surface area contributed by atoms with Crippen LogP contribution in [0.2, 0.25) is 0 Å². The van der Waals surface area contributed by atoms with Gasteiger partial charge < -0.3 is 9.84 Å². The molecule has 0 fully saturated rings. The summed E-state index contributed by atoms with van der Waals surface area (Å²) in [4.78, 5) is 11.9. The van der Waals surface area contributed by atoms with E-state index in [0.717, 1.165) is 25.7 Å². The van der Waals surface area contributed by atoms with Gasteiger partial charge in [-0.2, -0.15) is 0 Å². The van der Waals surface area contributed by atoms with Gasteiger partial charge in [0.1, 0.15) is 0 Å². The standard InChI is InChI=1S/C36H70O3/c1-2-3-4-5-6-7-8-9-12-15-18-21-24-27-30-33-36(38)39-35-32-29-26-23-20-17-14-11-10-13-16-19-22-25-28-31-34-37/h9,12,37H,2-8,10-11,13-35H2,1H3/b12-9-. The summed E-state index contributed by atoms with van der Waals surface area (Å²) in [5.74, 6) is 0.00863. The quantitative estimate of drug-likeness (QED) is 0.0502. The predicted molar refractivity (Wildman–Crippen MR) is 171 cm³/mol. The molecule has 39 heavy (non-hydrogen) atoms. The molecule has 0 aromatic carbocycles. The Hall–Kier alpha value is -0.830. The molecule has 0 bridgehead atoms. The highest BCUT2D eigenvalue weighted by Crippen LogP contribution is 2.14. The minimum atomic E-state index is 0.00863. The number of carbonyl (C=O) groups is 1. The summed E-state index contributed by atoms with van der Waals surface area (Å²) in [5, 5.41) is 8.78. The van der Waals surface area contributed by atoms with Gasteiger partial charge in [0, 0.05) is 13.0 Å². The molecule has 0 spiro atoms. The van der Waals surface area contributed by atoms with Crippen molar-refractivity contribution in [3.63, 3.8) is 0 Å². The molecule has 0 aliphatic heterocycles. The van der Waals surface area contributed by atoms with Gasteiger partial charge >= 0.3 is 5.97 Å². The molecule has 0 aliphatic rings. The number of unbranched alkanes of at least 4 members (excludes halogenated alkanes) is 26. The molecule has 0 aromatic heterocycles. The van der Waals surface area contributed by atoms with Crippen LogP contribution in [-0.2, 0) is 9.53 Å². The zero-order valence-electron chi connectivity index (χ0n) is 26.5. The molecule has 0 unspecified atom stereocenters. The molecule has 0 saturated carbocycles. The summed E-state index contributed by atoms with van der Waals surface area (Å²) in [6.07, 6.45) is 42.8. The third-order valence-electron chi connectivity index (χ3n) is 7.96. The van der Waals surface area contributed by atoms with Crippen LogP contribution in [0, 0.1) is 0 Å². The number of rotatable bonds is 33. The highest BCUT2D eigenvalue weighted by molar-refractivity contribution is 5.69. The Kier molecular flexibility index (Phi) is 34.4. The molecule has 0 heterocycles. The van der Waals surface area contributed by atoms with E-state index in [4.69, 9.17) is 9.84 Å². The molecule has 0 aliphatic carbocycles. The van der Waals surface area contributed by atoms with Crippen LogP contribution >= 0.6 is 0 Å². The Bertz CT molecular complexity index is 488. The summed E-state index contributed by atoms with van der Waals surface area (Å²) < 4.78 is 5.43. The summed E-state index contributed by atoms with van der Waals surface area (Å²) in [5.41, 5.74) is 0. The van der Waals surface area contributed by atoms with Crippen LogP contribution in [0.1, 0.15) is 200 Å². The second kappa shape index (κ2) is 35.2. The number of esters is 1. The van der Waals surface area contributed by atoms with Crippen LogP contribution in [0.25, 0.3) is 0 Å². The van der Waals surface area contributed by atoms with Gasteiger partial charge in [0.25, 0.3) is 0 Å². The van der Waals surface area contributed by atoms with E-state index >= 15 is 0 Å². The van der Waals surface area contributed by atoms with Gasteiger partial charge in [0.15, 0.2) is 0 Å². The zero-order valence-corrected chi connectivity index (χ0v) is 26.5. The van der Waals surface area contributed by atoms with Gasteiger partial charge in [-0.25, -0.2) is 0 Å². The summed E-state index contributed by atoms with van der Waals surface area (Å²) in [6, 6.07) is 0.